The SMILES string of the molecule is S=C1Nc2ccc3ccccc3c2-c2c(ccc3ccccc23)NC(=S)Nc2ccc3ccccc3c2-c2c(ccc3ccccc23)N1. The quantitative estimate of drug-likeness (QED) is 0.122. The van der Waals surface area contributed by atoms with Gasteiger partial charge in [-0.05, 0) is 91.8 Å². The summed E-state index contributed by atoms with van der Waals surface area (Å²) in [6, 6.07) is 50.9. The minimum Gasteiger partial charge on any atom is -0.332 e. The molecule has 0 amide bonds. The Morgan fingerprint density at radius 2 is 0.500 bits per heavy atom. The number of anilines is 4. The van der Waals surface area contributed by atoms with Crippen LogP contribution in [0.4, 0.5) is 22.7 Å². The Kier molecular flexibility index (Phi) is 6.78. The minimum atomic E-state index is 0.500. The third kappa shape index (κ3) is 4.73. The van der Waals surface area contributed by atoms with Crippen molar-refractivity contribution in [3.8, 4) is 22.3 Å². The van der Waals surface area contributed by atoms with E-state index < -0.39 is 0 Å². The fourth-order valence-corrected chi connectivity index (χ4v) is 7.57. The van der Waals surface area contributed by atoms with Gasteiger partial charge >= 0.3 is 0 Å². The van der Waals surface area contributed by atoms with E-state index in [-0.39, 0.29) is 0 Å². The topological polar surface area (TPSA) is 48.1 Å². The van der Waals surface area contributed by atoms with Gasteiger partial charge in [-0.1, -0.05) is 121 Å². The van der Waals surface area contributed by atoms with Crippen LogP contribution in [-0.2, 0) is 0 Å². The molecule has 0 atom stereocenters. The molecule has 6 heteroatoms. The molecular weight excluding hydrogens is 625 g/mol. The number of hydrogen-bond donors (Lipinski definition) is 4. The highest BCUT2D eigenvalue weighted by Gasteiger charge is 2.22. The number of rotatable bonds is 0. The van der Waals surface area contributed by atoms with E-state index in [1.807, 2.05) is 0 Å². The van der Waals surface area contributed by atoms with Crippen molar-refractivity contribution < 1.29 is 0 Å². The summed E-state index contributed by atoms with van der Waals surface area (Å²) in [6.45, 7) is 0. The van der Waals surface area contributed by atoms with E-state index in [9.17, 15) is 0 Å². The van der Waals surface area contributed by atoms with Crippen molar-refractivity contribution in [2.24, 2.45) is 0 Å². The Morgan fingerprint density at radius 3 is 0.750 bits per heavy atom. The average Bonchev–Trinajstić information content (AvgIpc) is 3.11. The highest BCUT2D eigenvalue weighted by molar-refractivity contribution is 7.81. The van der Waals surface area contributed by atoms with Crippen LogP contribution >= 0.6 is 24.4 Å². The second kappa shape index (κ2) is 11.5. The van der Waals surface area contributed by atoms with Crippen molar-refractivity contribution in [1.29, 1.82) is 0 Å². The van der Waals surface area contributed by atoms with Crippen LogP contribution in [0.15, 0.2) is 146 Å². The summed E-state index contributed by atoms with van der Waals surface area (Å²) in [5, 5.41) is 24.4. The number of hydrogen-bond acceptors (Lipinski definition) is 2. The molecule has 0 saturated carbocycles. The molecular formula is C42H28N4S2. The van der Waals surface area contributed by atoms with Crippen LogP contribution in [0, 0.1) is 0 Å². The third-order valence-electron chi connectivity index (χ3n) is 9.21. The first-order valence-corrected chi connectivity index (χ1v) is 16.7. The summed E-state index contributed by atoms with van der Waals surface area (Å²) in [5.41, 5.74) is 7.76. The Morgan fingerprint density at radius 1 is 0.271 bits per heavy atom. The van der Waals surface area contributed by atoms with E-state index >= 15 is 0 Å². The fourth-order valence-electron chi connectivity index (χ4n) is 7.13. The second-order valence-electron chi connectivity index (χ2n) is 12.0. The molecule has 1 aliphatic heterocycles. The highest BCUT2D eigenvalue weighted by Crippen LogP contribution is 2.46. The zero-order chi connectivity index (χ0) is 32.2. The van der Waals surface area contributed by atoms with E-state index in [0.29, 0.717) is 10.2 Å². The lowest BCUT2D eigenvalue weighted by molar-refractivity contribution is 1.57. The van der Waals surface area contributed by atoms with Crippen LogP contribution in [0.2, 0.25) is 0 Å². The molecule has 4 nitrogen and oxygen atoms in total. The molecule has 9 rings (SSSR count). The molecule has 0 unspecified atom stereocenters. The number of benzene rings is 8. The Balaban J connectivity index is 1.35. The zero-order valence-corrected chi connectivity index (χ0v) is 27.3. The van der Waals surface area contributed by atoms with Crippen LogP contribution in [0.3, 0.4) is 0 Å². The van der Waals surface area contributed by atoms with Gasteiger partial charge in [0.05, 0.1) is 0 Å². The molecule has 0 aliphatic carbocycles. The maximum atomic E-state index is 6.13. The fraction of sp³-hybridized carbons (Fsp3) is 0. The molecule has 0 bridgehead atoms. The monoisotopic (exact) mass is 652 g/mol. The Labute approximate surface area is 288 Å². The standard InChI is InChI=1S/C42H28N4S2/c47-41-43-33-21-17-25-9-1-5-13-29(25)37(33)38-30-14-6-2-10-26(30)18-22-34(38)44-42(48)46-36-24-20-28-12-4-8-16-32(28)40(36)39-31-15-7-3-11-27(31)19-23-35(39)45-41/h1-24H,(H2,43,45,47)(H2,44,46,48). The summed E-state index contributed by atoms with van der Waals surface area (Å²) in [7, 11) is 0. The zero-order valence-electron chi connectivity index (χ0n) is 25.7. The second-order valence-corrected chi connectivity index (χ2v) is 12.8. The van der Waals surface area contributed by atoms with Gasteiger partial charge in [0, 0.05) is 45.0 Å². The van der Waals surface area contributed by atoms with Gasteiger partial charge in [0.25, 0.3) is 0 Å². The summed E-state index contributed by atoms with van der Waals surface area (Å²) in [5.74, 6) is 0. The molecule has 1 aliphatic rings. The van der Waals surface area contributed by atoms with Gasteiger partial charge in [0.15, 0.2) is 10.2 Å². The van der Waals surface area contributed by atoms with Gasteiger partial charge in [-0.3, -0.25) is 0 Å². The van der Waals surface area contributed by atoms with Crippen molar-refractivity contribution in [1.82, 2.24) is 0 Å². The molecule has 0 radical (unpaired) electrons. The van der Waals surface area contributed by atoms with Crippen molar-refractivity contribution in [2.45, 2.75) is 0 Å². The van der Waals surface area contributed by atoms with Gasteiger partial charge in [0.2, 0.25) is 0 Å². The van der Waals surface area contributed by atoms with Crippen LogP contribution < -0.4 is 21.3 Å². The summed E-state index contributed by atoms with van der Waals surface area (Å²) in [4.78, 5) is 0. The number of thiocarbonyl (C=S) groups is 2. The molecule has 0 fully saturated rings. The van der Waals surface area contributed by atoms with Crippen molar-refractivity contribution >= 4 is 100 Å². The van der Waals surface area contributed by atoms with Crippen molar-refractivity contribution in [3.63, 3.8) is 0 Å². The highest BCUT2D eigenvalue weighted by atomic mass is 32.1. The smallest absolute Gasteiger partial charge is 0.175 e. The van der Waals surface area contributed by atoms with E-state index in [4.69, 9.17) is 24.4 Å². The number of nitrogens with one attached hydrogen (secondary N) is 4. The van der Waals surface area contributed by atoms with Crippen LogP contribution in [0.1, 0.15) is 0 Å². The van der Waals surface area contributed by atoms with E-state index in [0.717, 1.165) is 88.1 Å². The van der Waals surface area contributed by atoms with Crippen LogP contribution in [0.5, 0.6) is 0 Å². The summed E-state index contributed by atoms with van der Waals surface area (Å²) in [6.07, 6.45) is 0. The van der Waals surface area contributed by atoms with Gasteiger partial charge in [-0.25, -0.2) is 0 Å². The Hall–Kier alpha value is -5.82. The van der Waals surface area contributed by atoms with Gasteiger partial charge in [-0.2, -0.15) is 0 Å². The molecule has 8 aromatic carbocycles. The minimum absolute atomic E-state index is 0.500. The first-order chi connectivity index (χ1) is 23.6. The summed E-state index contributed by atoms with van der Waals surface area (Å²) >= 11 is 12.3. The first-order valence-electron chi connectivity index (χ1n) is 15.9. The largest absolute Gasteiger partial charge is 0.332 e. The summed E-state index contributed by atoms with van der Waals surface area (Å²) < 4.78 is 0. The number of fused-ring (bicyclic) bond motifs is 14. The lowest BCUT2D eigenvalue weighted by Crippen LogP contribution is -2.22. The normalized spacial score (nSPS) is 12.9. The van der Waals surface area contributed by atoms with Crippen molar-refractivity contribution in [2.75, 3.05) is 21.3 Å². The van der Waals surface area contributed by atoms with E-state index in [1.54, 1.807) is 0 Å². The van der Waals surface area contributed by atoms with Crippen molar-refractivity contribution in [3.05, 3.63) is 146 Å². The van der Waals surface area contributed by atoms with Gasteiger partial charge < -0.3 is 21.3 Å². The molecule has 0 spiro atoms. The molecule has 4 N–H and O–H groups in total. The van der Waals surface area contributed by atoms with E-state index in [1.165, 1.54) is 0 Å². The predicted molar refractivity (Wildman–Crippen MR) is 213 cm³/mol. The maximum Gasteiger partial charge on any atom is 0.175 e. The predicted octanol–water partition coefficient (Wildman–Crippen LogP) is 11.6. The van der Waals surface area contributed by atoms with Crippen LogP contribution in [0.25, 0.3) is 65.3 Å². The first kappa shape index (κ1) is 28.4. The van der Waals surface area contributed by atoms with Crippen LogP contribution in [-0.4, -0.2) is 10.2 Å². The molecule has 0 saturated heterocycles. The molecule has 1 heterocycles. The van der Waals surface area contributed by atoms with Gasteiger partial charge in [0.1, 0.15) is 0 Å². The lowest BCUT2D eigenvalue weighted by atomic mass is 9.90. The molecule has 48 heavy (non-hydrogen) atoms. The molecule has 228 valence electrons. The Bertz CT molecular complexity index is 2270. The molecule has 0 aromatic heterocycles. The lowest BCUT2D eigenvalue weighted by Gasteiger charge is -2.25. The molecule has 8 aromatic rings. The third-order valence-corrected chi connectivity index (χ3v) is 9.62. The average molecular weight is 653 g/mol. The van der Waals surface area contributed by atoms with E-state index in [2.05, 4.69) is 167 Å². The van der Waals surface area contributed by atoms with Gasteiger partial charge in [-0.15, -0.1) is 0 Å². The maximum absolute atomic E-state index is 6.13.